The monoisotopic (exact) mass is 342 g/mol. The predicted octanol–water partition coefficient (Wildman–Crippen LogP) is 2.45. The third-order valence-electron chi connectivity index (χ3n) is 3.99. The van der Waals surface area contributed by atoms with Crippen molar-refractivity contribution < 1.29 is 19.1 Å². The third kappa shape index (κ3) is 5.35. The van der Waals surface area contributed by atoms with E-state index < -0.39 is 24.0 Å². The van der Waals surface area contributed by atoms with Crippen molar-refractivity contribution in [3.8, 4) is 11.8 Å². The summed E-state index contributed by atoms with van der Waals surface area (Å²) in [4.78, 5) is 23.7. The van der Waals surface area contributed by atoms with Gasteiger partial charge in [-0.1, -0.05) is 18.2 Å². The number of amides is 1. The number of nitriles is 1. The average molecular weight is 342 g/mol. The van der Waals surface area contributed by atoms with Gasteiger partial charge in [-0.25, -0.2) is 4.79 Å². The van der Waals surface area contributed by atoms with Crippen molar-refractivity contribution in [2.24, 2.45) is 5.92 Å². The Balaban J connectivity index is 1.84. The first kappa shape index (κ1) is 18.5. The summed E-state index contributed by atoms with van der Waals surface area (Å²) in [5.41, 5.74) is -0.146. The molecule has 1 saturated carbocycles. The van der Waals surface area contributed by atoms with Crippen LogP contribution < -0.4 is 10.1 Å². The molecule has 1 aromatic rings. The maximum Gasteiger partial charge on any atom is 0.331 e. The molecule has 1 amide bonds. The number of benzene rings is 1. The Morgan fingerprint density at radius 3 is 2.76 bits per heavy atom. The molecule has 1 atom stereocenters. The number of nitrogens with zero attached hydrogens (tertiary/aromatic N) is 1. The lowest BCUT2D eigenvalue weighted by Crippen LogP contribution is -2.48. The molecule has 0 radical (unpaired) electrons. The van der Waals surface area contributed by atoms with Gasteiger partial charge in [0.25, 0.3) is 5.91 Å². The number of hydrogen-bond acceptors (Lipinski definition) is 5. The predicted molar refractivity (Wildman–Crippen MR) is 92.5 cm³/mol. The Morgan fingerprint density at radius 2 is 2.12 bits per heavy atom. The number of para-hydroxylation sites is 1. The van der Waals surface area contributed by atoms with Crippen molar-refractivity contribution in [1.29, 1.82) is 5.26 Å². The summed E-state index contributed by atoms with van der Waals surface area (Å²) in [6, 6.07) is 9.43. The van der Waals surface area contributed by atoms with E-state index >= 15 is 0 Å². The lowest BCUT2D eigenvalue weighted by Gasteiger charge is -2.22. The molecule has 6 nitrogen and oxygen atoms in total. The summed E-state index contributed by atoms with van der Waals surface area (Å²) >= 11 is 0. The van der Waals surface area contributed by atoms with Crippen LogP contribution in [-0.2, 0) is 14.3 Å². The number of esters is 1. The van der Waals surface area contributed by atoms with Gasteiger partial charge in [-0.3, -0.25) is 4.79 Å². The smallest absolute Gasteiger partial charge is 0.331 e. The van der Waals surface area contributed by atoms with Gasteiger partial charge in [-0.15, -0.1) is 0 Å². The van der Waals surface area contributed by atoms with Gasteiger partial charge in [0.2, 0.25) is 0 Å². The zero-order valence-corrected chi connectivity index (χ0v) is 14.5. The van der Waals surface area contributed by atoms with Crippen molar-refractivity contribution in [1.82, 2.24) is 5.32 Å². The summed E-state index contributed by atoms with van der Waals surface area (Å²) < 4.78 is 10.4. The molecule has 0 aromatic heterocycles. The van der Waals surface area contributed by atoms with Crippen LogP contribution in [0.5, 0.6) is 5.75 Å². The minimum absolute atomic E-state index is 0.173. The molecule has 1 fully saturated rings. The van der Waals surface area contributed by atoms with Gasteiger partial charge in [0.1, 0.15) is 11.3 Å². The molecule has 132 valence electrons. The summed E-state index contributed by atoms with van der Waals surface area (Å²) in [7, 11) is 0. The molecule has 1 aliphatic carbocycles. The Bertz CT molecular complexity index is 704. The second kappa shape index (κ2) is 8.34. The van der Waals surface area contributed by atoms with Crippen molar-refractivity contribution >= 4 is 18.0 Å². The molecular weight excluding hydrogens is 320 g/mol. The SMILES string of the molecule is CCOc1ccccc1/C=C/C(=O)OCC(=O)N[C@@](C)(C#N)C1CC1. The minimum atomic E-state index is -0.893. The number of nitrogens with one attached hydrogen (secondary N) is 1. The fraction of sp³-hybridized carbons (Fsp3) is 0.421. The summed E-state index contributed by atoms with van der Waals surface area (Å²) in [5, 5.41) is 11.8. The van der Waals surface area contributed by atoms with E-state index in [-0.39, 0.29) is 5.92 Å². The second-order valence-corrected chi connectivity index (χ2v) is 6.05. The van der Waals surface area contributed by atoms with E-state index in [4.69, 9.17) is 9.47 Å². The number of ether oxygens (including phenoxy) is 2. The van der Waals surface area contributed by atoms with Crippen molar-refractivity contribution in [2.75, 3.05) is 13.2 Å². The fourth-order valence-corrected chi connectivity index (χ4v) is 2.46. The quantitative estimate of drug-likeness (QED) is 0.579. The van der Waals surface area contributed by atoms with Crippen molar-refractivity contribution in [3.63, 3.8) is 0 Å². The number of rotatable bonds is 8. The van der Waals surface area contributed by atoms with Crippen LogP contribution >= 0.6 is 0 Å². The first-order chi connectivity index (χ1) is 12.0. The second-order valence-electron chi connectivity index (χ2n) is 6.05. The highest BCUT2D eigenvalue weighted by atomic mass is 16.5. The van der Waals surface area contributed by atoms with Crippen LogP contribution in [0.4, 0.5) is 0 Å². The van der Waals surface area contributed by atoms with Crippen molar-refractivity contribution in [2.45, 2.75) is 32.2 Å². The Labute approximate surface area is 147 Å². The van der Waals surface area contributed by atoms with Gasteiger partial charge in [0.15, 0.2) is 6.61 Å². The fourth-order valence-electron chi connectivity index (χ4n) is 2.46. The van der Waals surface area contributed by atoms with E-state index in [1.807, 2.05) is 31.2 Å². The van der Waals surface area contributed by atoms with Crippen LogP contribution in [0.25, 0.3) is 6.08 Å². The minimum Gasteiger partial charge on any atom is -0.493 e. The average Bonchev–Trinajstić information content (AvgIpc) is 3.45. The Kier molecular flexibility index (Phi) is 6.18. The van der Waals surface area contributed by atoms with Gasteiger partial charge in [0.05, 0.1) is 12.7 Å². The van der Waals surface area contributed by atoms with Gasteiger partial charge in [-0.2, -0.15) is 5.26 Å². The highest BCUT2D eigenvalue weighted by molar-refractivity contribution is 5.89. The number of carbonyl (C=O) groups is 2. The topological polar surface area (TPSA) is 88.4 Å². The zero-order chi connectivity index (χ0) is 18.3. The zero-order valence-electron chi connectivity index (χ0n) is 14.5. The molecule has 0 spiro atoms. The molecule has 0 unspecified atom stereocenters. The maximum atomic E-state index is 11.9. The molecule has 2 rings (SSSR count). The molecule has 1 aromatic carbocycles. The number of hydrogen-bond donors (Lipinski definition) is 1. The van der Waals surface area contributed by atoms with Crippen LogP contribution in [0.1, 0.15) is 32.3 Å². The standard InChI is InChI=1S/C19H22N2O4/c1-3-24-16-7-5-4-6-14(16)8-11-18(23)25-12-17(22)21-19(2,13-20)15-9-10-15/h4-8,11,15H,3,9-10,12H2,1-2H3,(H,21,22)/b11-8+/t19-/m0/s1. The van der Waals surface area contributed by atoms with E-state index in [1.165, 1.54) is 6.08 Å². The van der Waals surface area contributed by atoms with E-state index in [0.717, 1.165) is 18.4 Å². The Morgan fingerprint density at radius 1 is 1.40 bits per heavy atom. The van der Waals surface area contributed by atoms with Gasteiger partial charge < -0.3 is 14.8 Å². The van der Waals surface area contributed by atoms with E-state index in [9.17, 15) is 14.9 Å². The van der Waals surface area contributed by atoms with Crippen LogP contribution in [0.2, 0.25) is 0 Å². The highest BCUT2D eigenvalue weighted by Gasteiger charge is 2.43. The maximum absolute atomic E-state index is 11.9. The third-order valence-corrected chi connectivity index (χ3v) is 3.99. The molecule has 0 bridgehead atoms. The van der Waals surface area contributed by atoms with E-state index in [1.54, 1.807) is 13.0 Å². The molecular formula is C19H22N2O4. The molecule has 0 aliphatic heterocycles. The normalized spacial score (nSPS) is 15.9. The largest absolute Gasteiger partial charge is 0.493 e. The highest BCUT2D eigenvalue weighted by Crippen LogP contribution is 2.39. The van der Waals surface area contributed by atoms with E-state index in [2.05, 4.69) is 11.4 Å². The summed E-state index contributed by atoms with van der Waals surface area (Å²) in [6.07, 6.45) is 4.67. The van der Waals surface area contributed by atoms with Gasteiger partial charge in [0, 0.05) is 11.6 Å². The lowest BCUT2D eigenvalue weighted by atomic mass is 9.98. The first-order valence-electron chi connectivity index (χ1n) is 8.27. The molecule has 25 heavy (non-hydrogen) atoms. The van der Waals surface area contributed by atoms with Crippen LogP contribution in [0.15, 0.2) is 30.3 Å². The summed E-state index contributed by atoms with van der Waals surface area (Å²) in [5.74, 6) is -0.271. The molecule has 6 heteroatoms. The van der Waals surface area contributed by atoms with Crippen LogP contribution in [-0.4, -0.2) is 30.6 Å². The molecule has 1 aliphatic rings. The molecule has 0 heterocycles. The van der Waals surface area contributed by atoms with Crippen LogP contribution in [0.3, 0.4) is 0 Å². The Hall–Kier alpha value is -2.81. The summed E-state index contributed by atoms with van der Waals surface area (Å²) in [6.45, 7) is 3.67. The first-order valence-corrected chi connectivity index (χ1v) is 8.27. The van der Waals surface area contributed by atoms with Gasteiger partial charge in [-0.05, 0) is 44.7 Å². The van der Waals surface area contributed by atoms with Gasteiger partial charge >= 0.3 is 5.97 Å². The lowest BCUT2D eigenvalue weighted by molar-refractivity contribution is -0.144. The van der Waals surface area contributed by atoms with Crippen molar-refractivity contribution in [3.05, 3.63) is 35.9 Å². The number of carbonyl (C=O) groups excluding carboxylic acids is 2. The van der Waals surface area contributed by atoms with E-state index in [0.29, 0.717) is 12.4 Å². The van der Waals surface area contributed by atoms with Crippen LogP contribution in [0, 0.1) is 17.2 Å². The molecule has 0 saturated heterocycles. The molecule has 1 N–H and O–H groups in total.